The average molecular weight is 470 g/mol. The van der Waals surface area contributed by atoms with E-state index in [2.05, 4.69) is 37.3 Å². The molecule has 0 spiro atoms. The fraction of sp³-hybridized carbons (Fsp3) is 0.556. The van der Waals surface area contributed by atoms with E-state index >= 15 is 0 Å². The fourth-order valence-electron chi connectivity index (χ4n) is 6.73. The minimum absolute atomic E-state index is 0.0690. The van der Waals surface area contributed by atoms with Crippen molar-refractivity contribution in [2.75, 3.05) is 14.1 Å². The smallest absolute Gasteiger partial charge is 0.338 e. The van der Waals surface area contributed by atoms with E-state index in [1.54, 1.807) is 0 Å². The van der Waals surface area contributed by atoms with Crippen LogP contribution in [0.5, 0.6) is 5.75 Å². The average Bonchev–Trinajstić information content (AvgIpc) is 3.13. The molecule has 2 fully saturated rings. The Kier molecular flexibility index (Phi) is 6.04. The minimum Gasteiger partial charge on any atom is -0.489 e. The topological polar surface area (TPSA) is 55.8 Å². The number of rotatable bonds is 6. The van der Waals surface area contributed by atoms with Crippen LogP contribution in [-0.4, -0.2) is 32.9 Å². The van der Waals surface area contributed by atoms with Gasteiger partial charge in [0, 0.05) is 14.1 Å². The number of fused-ring (bicyclic) bond motifs is 5. The van der Waals surface area contributed by atoms with Crippen LogP contribution in [0.25, 0.3) is 0 Å². The van der Waals surface area contributed by atoms with Crippen LogP contribution < -0.4 is 4.74 Å². The number of ether oxygens (including phenoxy) is 1. The van der Waals surface area contributed by atoms with Gasteiger partial charge in [0.25, 0.3) is 0 Å². The van der Waals surface area contributed by atoms with Gasteiger partial charge in [-0.05, 0) is 90.5 Å². The molecule has 0 bridgehead atoms. The van der Waals surface area contributed by atoms with E-state index in [0.29, 0.717) is 24.4 Å². The summed E-state index contributed by atoms with van der Waals surface area (Å²) in [5.74, 6) is 2.61. The summed E-state index contributed by atoms with van der Waals surface area (Å²) in [5.41, 5.74) is 4.01. The van der Waals surface area contributed by atoms with E-state index in [0.717, 1.165) is 44.3 Å². The van der Waals surface area contributed by atoms with Crippen LogP contribution in [-0.2, 0) is 27.5 Å². The number of nitrogens with zero attached hydrogens (tertiary/aromatic N) is 1. The number of hydrogen-bond acceptors (Lipinski definition) is 4. The van der Waals surface area contributed by atoms with E-state index < -0.39 is 10.3 Å². The molecule has 0 amide bonds. The molecule has 0 N–H and O–H groups in total. The molecule has 0 saturated heterocycles. The highest BCUT2D eigenvalue weighted by molar-refractivity contribution is 7.84. The molecule has 5 atom stereocenters. The highest BCUT2D eigenvalue weighted by atomic mass is 32.2. The van der Waals surface area contributed by atoms with Gasteiger partial charge >= 0.3 is 10.3 Å². The van der Waals surface area contributed by atoms with Crippen LogP contribution >= 0.6 is 0 Å². The van der Waals surface area contributed by atoms with Crippen LogP contribution in [0, 0.1) is 17.3 Å². The molecular formula is C27H35NO4S. The van der Waals surface area contributed by atoms with Crippen molar-refractivity contribution in [3.8, 4) is 5.75 Å². The zero-order chi connectivity index (χ0) is 23.2. The monoisotopic (exact) mass is 469 g/mol. The first-order valence-corrected chi connectivity index (χ1v) is 13.5. The standard InChI is InChI=1S/C27H35NO4S/c1-27-16-15-23-22-12-10-21(31-18-19-7-5-4-6-8-19)17-20(22)9-11-24(23)25(27)13-14-26(27)32-33(29,30)28(2)3/h4-8,10,12,17,23-26H,9,11,13-16,18H2,1-3H3/t23?,24?,25?,26-,27-/m0/s1. The molecule has 6 heteroatoms. The highest BCUT2D eigenvalue weighted by Crippen LogP contribution is 2.61. The van der Waals surface area contributed by atoms with E-state index in [1.165, 1.54) is 35.1 Å². The molecule has 2 aromatic carbocycles. The molecule has 3 aliphatic rings. The van der Waals surface area contributed by atoms with E-state index in [1.807, 2.05) is 18.2 Å². The Bertz CT molecular complexity index is 1100. The minimum atomic E-state index is -3.66. The lowest BCUT2D eigenvalue weighted by Gasteiger charge is -2.50. The quantitative estimate of drug-likeness (QED) is 0.575. The summed E-state index contributed by atoms with van der Waals surface area (Å²) in [5, 5.41) is 0. The van der Waals surface area contributed by atoms with Crippen molar-refractivity contribution in [2.24, 2.45) is 17.3 Å². The van der Waals surface area contributed by atoms with Gasteiger partial charge < -0.3 is 4.74 Å². The zero-order valence-corrected chi connectivity index (χ0v) is 20.7. The van der Waals surface area contributed by atoms with Crippen molar-refractivity contribution in [2.45, 2.75) is 64.1 Å². The number of hydrogen-bond donors (Lipinski definition) is 0. The Morgan fingerprint density at radius 3 is 2.58 bits per heavy atom. The molecule has 0 heterocycles. The second-order valence-corrected chi connectivity index (χ2v) is 12.3. The predicted octanol–water partition coefficient (Wildman–Crippen LogP) is 5.31. The lowest BCUT2D eigenvalue weighted by atomic mass is 9.55. The summed E-state index contributed by atoms with van der Waals surface area (Å²) in [6.45, 7) is 2.86. The molecule has 33 heavy (non-hydrogen) atoms. The normalized spacial score (nSPS) is 31.0. The molecule has 5 nitrogen and oxygen atoms in total. The van der Waals surface area contributed by atoms with Gasteiger partial charge in [0.2, 0.25) is 0 Å². The lowest BCUT2D eigenvalue weighted by Crippen LogP contribution is -2.46. The summed E-state index contributed by atoms with van der Waals surface area (Å²) in [4.78, 5) is 0. The van der Waals surface area contributed by atoms with E-state index in [9.17, 15) is 8.42 Å². The zero-order valence-electron chi connectivity index (χ0n) is 19.9. The van der Waals surface area contributed by atoms with Crippen LogP contribution in [0.3, 0.4) is 0 Å². The maximum absolute atomic E-state index is 12.4. The van der Waals surface area contributed by atoms with E-state index in [4.69, 9.17) is 8.92 Å². The Hall–Kier alpha value is -1.89. The third-order valence-electron chi connectivity index (χ3n) is 8.54. The largest absolute Gasteiger partial charge is 0.489 e. The van der Waals surface area contributed by atoms with Crippen molar-refractivity contribution in [1.82, 2.24) is 4.31 Å². The fourth-order valence-corrected chi connectivity index (χ4v) is 7.51. The molecular weight excluding hydrogens is 434 g/mol. The first kappa shape index (κ1) is 22.9. The molecule has 0 radical (unpaired) electrons. The second-order valence-electron chi connectivity index (χ2n) is 10.5. The third kappa shape index (κ3) is 4.22. The lowest BCUT2D eigenvalue weighted by molar-refractivity contribution is -0.0103. The van der Waals surface area contributed by atoms with Crippen molar-refractivity contribution < 1.29 is 17.3 Å². The first-order valence-electron chi connectivity index (χ1n) is 12.2. The summed E-state index contributed by atoms with van der Waals surface area (Å²) < 4.78 is 37.8. The van der Waals surface area contributed by atoms with Gasteiger partial charge in [-0.1, -0.05) is 43.3 Å². The summed E-state index contributed by atoms with van der Waals surface area (Å²) >= 11 is 0. The van der Waals surface area contributed by atoms with Crippen LogP contribution in [0.1, 0.15) is 61.6 Å². The van der Waals surface area contributed by atoms with Gasteiger partial charge in [-0.25, -0.2) is 0 Å². The first-order chi connectivity index (χ1) is 15.8. The van der Waals surface area contributed by atoms with Crippen molar-refractivity contribution in [1.29, 1.82) is 0 Å². The SMILES string of the molecule is CN(C)S(=O)(=O)O[C@H]1CCC2C3CCc4cc(OCc5ccccc5)ccc4C3CC[C@@]21C. The molecule has 178 valence electrons. The molecule has 5 rings (SSSR count). The predicted molar refractivity (Wildman–Crippen MR) is 129 cm³/mol. The number of benzene rings is 2. The Balaban J connectivity index is 1.31. The molecule has 3 aliphatic carbocycles. The van der Waals surface area contributed by atoms with Crippen LogP contribution in [0.4, 0.5) is 0 Å². The number of aryl methyl sites for hydroxylation is 1. The van der Waals surface area contributed by atoms with E-state index in [-0.39, 0.29) is 11.5 Å². The molecule has 0 aromatic heterocycles. The van der Waals surface area contributed by atoms with Gasteiger partial charge in [0.1, 0.15) is 12.4 Å². The molecule has 0 aliphatic heterocycles. The molecule has 2 saturated carbocycles. The van der Waals surface area contributed by atoms with Crippen molar-refractivity contribution in [3.63, 3.8) is 0 Å². The van der Waals surface area contributed by atoms with Crippen LogP contribution in [0.15, 0.2) is 48.5 Å². The Morgan fingerprint density at radius 2 is 1.82 bits per heavy atom. The maximum atomic E-state index is 12.4. The third-order valence-corrected chi connectivity index (χ3v) is 9.91. The maximum Gasteiger partial charge on any atom is 0.338 e. The van der Waals surface area contributed by atoms with Gasteiger partial charge in [-0.3, -0.25) is 4.18 Å². The van der Waals surface area contributed by atoms with Gasteiger partial charge in [-0.2, -0.15) is 12.7 Å². The van der Waals surface area contributed by atoms with Crippen molar-refractivity contribution >= 4 is 10.3 Å². The highest BCUT2D eigenvalue weighted by Gasteiger charge is 2.56. The Labute approximate surface area is 198 Å². The molecule has 2 aromatic rings. The summed E-state index contributed by atoms with van der Waals surface area (Å²) in [6.07, 6.45) is 6.00. The second kappa shape index (κ2) is 8.71. The van der Waals surface area contributed by atoms with Gasteiger partial charge in [0.15, 0.2) is 0 Å². The van der Waals surface area contributed by atoms with Crippen LogP contribution in [0.2, 0.25) is 0 Å². The van der Waals surface area contributed by atoms with Crippen molar-refractivity contribution in [3.05, 3.63) is 65.2 Å². The van der Waals surface area contributed by atoms with Gasteiger partial charge in [0.05, 0.1) is 6.10 Å². The summed E-state index contributed by atoms with van der Waals surface area (Å²) in [7, 11) is -0.582. The molecule has 3 unspecified atom stereocenters. The Morgan fingerprint density at radius 1 is 1.03 bits per heavy atom. The van der Waals surface area contributed by atoms with Gasteiger partial charge in [-0.15, -0.1) is 0 Å². The summed E-state index contributed by atoms with van der Waals surface area (Å²) in [6, 6.07) is 16.9.